The van der Waals surface area contributed by atoms with Gasteiger partial charge in [0.1, 0.15) is 10.8 Å². The lowest BCUT2D eigenvalue weighted by Gasteiger charge is -2.06. The number of aromatic nitrogens is 3. The van der Waals surface area contributed by atoms with Crippen LogP contribution in [0.4, 0.5) is 9.52 Å². The van der Waals surface area contributed by atoms with Crippen LogP contribution in [0.2, 0.25) is 0 Å². The molecule has 0 saturated carbocycles. The van der Waals surface area contributed by atoms with E-state index in [4.69, 9.17) is 0 Å². The third-order valence-corrected chi connectivity index (χ3v) is 6.38. The van der Waals surface area contributed by atoms with Crippen LogP contribution in [0, 0.1) is 5.82 Å². The van der Waals surface area contributed by atoms with Gasteiger partial charge < -0.3 is 4.57 Å². The van der Waals surface area contributed by atoms with Crippen molar-refractivity contribution in [3.63, 3.8) is 0 Å². The predicted molar refractivity (Wildman–Crippen MR) is 141 cm³/mol. The Bertz CT molecular complexity index is 1600. The molecule has 0 saturated heterocycles. The van der Waals surface area contributed by atoms with Crippen molar-refractivity contribution in [2.75, 3.05) is 5.32 Å². The summed E-state index contributed by atoms with van der Waals surface area (Å²) in [5.41, 5.74) is 5.30. The highest BCUT2D eigenvalue weighted by Gasteiger charge is 2.13. The lowest BCUT2D eigenvalue weighted by molar-refractivity contribution is -0.120. The molecule has 0 aliphatic rings. The van der Waals surface area contributed by atoms with E-state index in [-0.39, 0.29) is 24.1 Å². The number of fused-ring (bicyclic) bond motifs is 1. The van der Waals surface area contributed by atoms with Gasteiger partial charge in [0.25, 0.3) is 5.91 Å². The second-order valence-corrected chi connectivity index (χ2v) is 9.17. The van der Waals surface area contributed by atoms with E-state index in [1.807, 2.05) is 41.1 Å². The number of carbonyl (C=O) groups excluding carboxylic acids is 2. The fourth-order valence-corrected chi connectivity index (χ4v) is 4.54. The largest absolute Gasteiger partial charge is 0.342 e. The number of para-hydroxylation sites is 1. The third-order valence-electron chi connectivity index (χ3n) is 5.55. The molecule has 0 unspecified atom stereocenters. The van der Waals surface area contributed by atoms with Crippen LogP contribution in [-0.4, -0.2) is 32.8 Å². The molecule has 10 heteroatoms. The van der Waals surface area contributed by atoms with Gasteiger partial charge in [0, 0.05) is 33.8 Å². The molecule has 0 aliphatic heterocycles. The van der Waals surface area contributed by atoms with Crippen molar-refractivity contribution >= 4 is 45.4 Å². The Balaban J connectivity index is 1.22. The molecule has 2 amide bonds. The first-order valence-corrected chi connectivity index (χ1v) is 12.2. The molecule has 0 atom stereocenters. The number of anilines is 1. The first-order valence-electron chi connectivity index (χ1n) is 11.4. The molecule has 0 aliphatic carbocycles. The Morgan fingerprint density at radius 2 is 1.73 bits per heavy atom. The molecule has 37 heavy (non-hydrogen) atoms. The number of halogens is 1. The molecule has 184 valence electrons. The second-order valence-electron chi connectivity index (χ2n) is 8.11. The number of amides is 2. The van der Waals surface area contributed by atoms with E-state index >= 15 is 0 Å². The lowest BCUT2D eigenvalue weighted by atomic mass is 10.2. The number of hydrazone groups is 1. The van der Waals surface area contributed by atoms with Crippen LogP contribution < -0.4 is 10.7 Å². The number of nitrogens with zero attached hydrogens (tertiary/aromatic N) is 4. The van der Waals surface area contributed by atoms with Crippen molar-refractivity contribution in [3.8, 4) is 0 Å². The molecular weight excluding hydrogens is 491 g/mol. The van der Waals surface area contributed by atoms with E-state index in [2.05, 4.69) is 26.0 Å². The molecule has 5 rings (SSSR count). The first-order chi connectivity index (χ1) is 18.1. The van der Waals surface area contributed by atoms with Gasteiger partial charge in [0.2, 0.25) is 11.0 Å². The normalized spacial score (nSPS) is 11.2. The summed E-state index contributed by atoms with van der Waals surface area (Å²) in [6.07, 6.45) is 3.40. The van der Waals surface area contributed by atoms with Gasteiger partial charge in [-0.1, -0.05) is 65.9 Å². The number of hydrogen-bond acceptors (Lipinski definition) is 6. The average molecular weight is 513 g/mol. The standard InChI is InChI=1S/C27H21FN6O2S/c28-22-12-6-4-10-19(22)16-34-17-20(21-11-5-7-13-23(21)34)15-29-31-24(35)14-25-32-33-27(37-25)30-26(36)18-8-2-1-3-9-18/h1-13,15,17H,14,16H2,(H,31,35)(H,30,33,36)/b29-15-. The van der Waals surface area contributed by atoms with E-state index in [1.54, 1.807) is 48.7 Å². The van der Waals surface area contributed by atoms with Crippen molar-refractivity contribution in [1.29, 1.82) is 0 Å². The van der Waals surface area contributed by atoms with Gasteiger partial charge in [-0.15, -0.1) is 10.2 Å². The zero-order chi connectivity index (χ0) is 25.6. The maximum absolute atomic E-state index is 14.2. The molecule has 0 fully saturated rings. The molecule has 2 heterocycles. The summed E-state index contributed by atoms with van der Waals surface area (Å²) in [5, 5.41) is 16.3. The molecule has 3 aromatic carbocycles. The molecule has 0 bridgehead atoms. The van der Waals surface area contributed by atoms with Crippen LogP contribution in [0.5, 0.6) is 0 Å². The Hall–Kier alpha value is -4.70. The summed E-state index contributed by atoms with van der Waals surface area (Å²) < 4.78 is 16.1. The minimum atomic E-state index is -0.372. The highest BCUT2D eigenvalue weighted by Crippen LogP contribution is 2.22. The Morgan fingerprint density at radius 1 is 0.973 bits per heavy atom. The third kappa shape index (κ3) is 5.76. The first kappa shape index (κ1) is 24.0. The van der Waals surface area contributed by atoms with E-state index in [0.717, 1.165) is 27.8 Å². The van der Waals surface area contributed by atoms with Gasteiger partial charge >= 0.3 is 0 Å². The van der Waals surface area contributed by atoms with Gasteiger partial charge in [0.15, 0.2) is 0 Å². The van der Waals surface area contributed by atoms with Crippen molar-refractivity contribution < 1.29 is 14.0 Å². The summed E-state index contributed by atoms with van der Waals surface area (Å²) in [7, 11) is 0. The number of rotatable bonds is 8. The summed E-state index contributed by atoms with van der Waals surface area (Å²) >= 11 is 1.12. The van der Waals surface area contributed by atoms with E-state index in [9.17, 15) is 14.0 Å². The van der Waals surface area contributed by atoms with Gasteiger partial charge in [-0.3, -0.25) is 14.9 Å². The zero-order valence-electron chi connectivity index (χ0n) is 19.5. The number of hydrogen-bond donors (Lipinski definition) is 2. The number of benzene rings is 3. The van der Waals surface area contributed by atoms with Crippen LogP contribution >= 0.6 is 11.3 Å². The average Bonchev–Trinajstić information content (AvgIpc) is 3.50. The topological polar surface area (TPSA) is 101 Å². The Kier molecular flexibility index (Phi) is 7.09. The van der Waals surface area contributed by atoms with Crippen LogP contribution in [0.3, 0.4) is 0 Å². The molecule has 2 aromatic heterocycles. The summed E-state index contributed by atoms with van der Waals surface area (Å²) in [6, 6.07) is 23.1. The van der Waals surface area contributed by atoms with Gasteiger partial charge in [-0.05, 0) is 24.3 Å². The summed E-state index contributed by atoms with van der Waals surface area (Å²) in [5.74, 6) is -0.933. The summed E-state index contributed by atoms with van der Waals surface area (Å²) in [6.45, 7) is 0.369. The van der Waals surface area contributed by atoms with Crippen molar-refractivity contribution in [3.05, 3.63) is 113 Å². The predicted octanol–water partition coefficient (Wildman–Crippen LogP) is 4.63. The summed E-state index contributed by atoms with van der Waals surface area (Å²) in [4.78, 5) is 24.6. The molecule has 5 aromatic rings. The molecule has 0 radical (unpaired) electrons. The van der Waals surface area contributed by atoms with E-state index in [1.165, 1.54) is 6.07 Å². The van der Waals surface area contributed by atoms with Gasteiger partial charge in [-0.25, -0.2) is 9.82 Å². The molecule has 0 spiro atoms. The van der Waals surface area contributed by atoms with Crippen LogP contribution in [0.15, 0.2) is 90.2 Å². The van der Waals surface area contributed by atoms with Crippen molar-refractivity contribution in [1.82, 2.24) is 20.2 Å². The SMILES string of the molecule is O=C(Cc1nnc(NC(=O)c2ccccc2)s1)N/N=C\c1cn(Cc2ccccc2F)c2ccccc12. The number of nitrogens with one attached hydrogen (secondary N) is 2. The highest BCUT2D eigenvalue weighted by atomic mass is 32.1. The fraction of sp³-hybridized carbons (Fsp3) is 0.0741. The quantitative estimate of drug-likeness (QED) is 0.234. The van der Waals surface area contributed by atoms with Crippen molar-refractivity contribution in [2.45, 2.75) is 13.0 Å². The van der Waals surface area contributed by atoms with Crippen LogP contribution in [0.25, 0.3) is 10.9 Å². The minimum absolute atomic E-state index is 0.0365. The molecular formula is C27H21FN6O2S. The van der Waals surface area contributed by atoms with Crippen LogP contribution in [-0.2, 0) is 17.8 Å². The van der Waals surface area contributed by atoms with Gasteiger partial charge in [-0.2, -0.15) is 5.10 Å². The maximum atomic E-state index is 14.2. The van der Waals surface area contributed by atoms with Gasteiger partial charge in [0.05, 0.1) is 19.2 Å². The number of carbonyl (C=O) groups is 2. The van der Waals surface area contributed by atoms with E-state index in [0.29, 0.717) is 27.8 Å². The fourth-order valence-electron chi connectivity index (χ4n) is 3.80. The molecule has 2 N–H and O–H groups in total. The second kappa shape index (κ2) is 10.9. The maximum Gasteiger partial charge on any atom is 0.257 e. The Morgan fingerprint density at radius 3 is 2.57 bits per heavy atom. The van der Waals surface area contributed by atoms with E-state index < -0.39 is 0 Å². The lowest BCUT2D eigenvalue weighted by Crippen LogP contribution is -2.19. The van der Waals surface area contributed by atoms with Crippen molar-refractivity contribution in [2.24, 2.45) is 5.10 Å². The smallest absolute Gasteiger partial charge is 0.257 e. The highest BCUT2D eigenvalue weighted by molar-refractivity contribution is 7.15. The zero-order valence-corrected chi connectivity index (χ0v) is 20.3. The molecule has 8 nitrogen and oxygen atoms in total. The Labute approximate surface area is 215 Å². The monoisotopic (exact) mass is 512 g/mol. The van der Waals surface area contributed by atoms with Crippen LogP contribution in [0.1, 0.15) is 26.5 Å². The minimum Gasteiger partial charge on any atom is -0.342 e.